The summed E-state index contributed by atoms with van der Waals surface area (Å²) in [5.41, 5.74) is 2.56. The summed E-state index contributed by atoms with van der Waals surface area (Å²) in [6.45, 7) is 2.96. The van der Waals surface area contributed by atoms with E-state index in [9.17, 15) is 0 Å². The molecule has 0 unspecified atom stereocenters. The van der Waals surface area contributed by atoms with Gasteiger partial charge < -0.3 is 10.7 Å². The molecule has 0 radical (unpaired) electrons. The zero-order valence-electron chi connectivity index (χ0n) is 10.5. The van der Waals surface area contributed by atoms with Gasteiger partial charge in [0.1, 0.15) is 17.5 Å². The highest BCUT2D eigenvalue weighted by Gasteiger charge is 2.01. The van der Waals surface area contributed by atoms with E-state index in [-0.39, 0.29) is 0 Å². The highest BCUT2D eigenvalue weighted by atomic mass is 32.2. The van der Waals surface area contributed by atoms with E-state index in [4.69, 9.17) is 5.84 Å². The molecule has 0 bridgehead atoms. The van der Waals surface area contributed by atoms with Crippen LogP contribution in [0.1, 0.15) is 25.6 Å². The third kappa shape index (κ3) is 5.23. The van der Waals surface area contributed by atoms with Crippen LogP contribution in [0.5, 0.6) is 0 Å². The van der Waals surface area contributed by atoms with Crippen LogP contribution < -0.4 is 16.6 Å². The minimum atomic E-state index is 0.656. The number of hydrogen-bond donors (Lipinski definition) is 3. The van der Waals surface area contributed by atoms with Crippen molar-refractivity contribution in [3.8, 4) is 0 Å². The Morgan fingerprint density at radius 3 is 2.71 bits per heavy atom. The average Bonchev–Trinajstić information content (AvgIpc) is 2.38. The molecular weight excluding hydrogens is 234 g/mol. The Morgan fingerprint density at radius 1 is 1.29 bits per heavy atom. The Bertz CT molecular complexity index is 309. The lowest BCUT2D eigenvalue weighted by atomic mass is 10.3. The van der Waals surface area contributed by atoms with Crippen molar-refractivity contribution >= 4 is 23.4 Å². The second kappa shape index (κ2) is 8.14. The number of anilines is 2. The first-order valence-electron chi connectivity index (χ1n) is 5.87. The van der Waals surface area contributed by atoms with Gasteiger partial charge in [0, 0.05) is 19.0 Å². The largest absolute Gasteiger partial charge is 0.370 e. The molecule has 96 valence electrons. The molecule has 1 aromatic heterocycles. The normalized spacial score (nSPS) is 10.3. The molecule has 6 heteroatoms. The Labute approximate surface area is 107 Å². The second-order valence-electron chi connectivity index (χ2n) is 3.68. The topological polar surface area (TPSA) is 75.9 Å². The van der Waals surface area contributed by atoms with E-state index in [0.717, 1.165) is 31.0 Å². The van der Waals surface area contributed by atoms with Crippen LogP contribution in [0.3, 0.4) is 0 Å². The molecule has 1 heterocycles. The van der Waals surface area contributed by atoms with Crippen molar-refractivity contribution in [1.82, 2.24) is 9.97 Å². The highest BCUT2D eigenvalue weighted by molar-refractivity contribution is 7.98. The summed E-state index contributed by atoms with van der Waals surface area (Å²) in [5, 5.41) is 3.30. The standard InChI is InChI=1S/C11H21N5S/c1-3-9-14-10(8-11(15-9)16-12)13-6-4-5-7-17-2/h8H,3-7,12H2,1-2H3,(H2,13,14,15,16). The lowest BCUT2D eigenvalue weighted by Gasteiger charge is -2.08. The molecule has 0 aliphatic heterocycles. The number of nitrogens with zero attached hydrogens (tertiary/aromatic N) is 2. The quantitative estimate of drug-likeness (QED) is 0.374. The molecule has 0 aliphatic carbocycles. The predicted octanol–water partition coefficient (Wildman–Crippen LogP) is 1.88. The summed E-state index contributed by atoms with van der Waals surface area (Å²) in [7, 11) is 0. The Balaban J connectivity index is 2.46. The van der Waals surface area contributed by atoms with Gasteiger partial charge in [-0.3, -0.25) is 0 Å². The van der Waals surface area contributed by atoms with E-state index in [0.29, 0.717) is 5.82 Å². The van der Waals surface area contributed by atoms with Crippen LogP contribution >= 0.6 is 11.8 Å². The Hall–Kier alpha value is -1.01. The smallest absolute Gasteiger partial charge is 0.145 e. The van der Waals surface area contributed by atoms with E-state index >= 15 is 0 Å². The molecule has 0 spiro atoms. The number of hydrogen-bond acceptors (Lipinski definition) is 6. The maximum Gasteiger partial charge on any atom is 0.145 e. The van der Waals surface area contributed by atoms with Gasteiger partial charge in [0.2, 0.25) is 0 Å². The minimum absolute atomic E-state index is 0.656. The molecule has 17 heavy (non-hydrogen) atoms. The van der Waals surface area contributed by atoms with Crippen LogP contribution in [0.4, 0.5) is 11.6 Å². The van der Waals surface area contributed by atoms with E-state index < -0.39 is 0 Å². The molecule has 0 fully saturated rings. The first-order chi connectivity index (χ1) is 8.30. The van der Waals surface area contributed by atoms with Gasteiger partial charge in [0.25, 0.3) is 0 Å². The molecule has 0 atom stereocenters. The molecular formula is C11H21N5S. The van der Waals surface area contributed by atoms with Crippen molar-refractivity contribution < 1.29 is 0 Å². The van der Waals surface area contributed by atoms with Crippen molar-refractivity contribution in [1.29, 1.82) is 0 Å². The lowest BCUT2D eigenvalue weighted by molar-refractivity contribution is 0.834. The van der Waals surface area contributed by atoms with Gasteiger partial charge in [-0.25, -0.2) is 15.8 Å². The SMILES string of the molecule is CCc1nc(NN)cc(NCCCCSC)n1. The maximum absolute atomic E-state index is 5.37. The first-order valence-corrected chi connectivity index (χ1v) is 7.27. The van der Waals surface area contributed by atoms with Crippen LogP contribution in [-0.4, -0.2) is 28.5 Å². The van der Waals surface area contributed by atoms with Gasteiger partial charge in [0.05, 0.1) is 0 Å². The third-order valence-electron chi connectivity index (χ3n) is 2.32. The zero-order chi connectivity index (χ0) is 12.5. The van der Waals surface area contributed by atoms with Crippen LogP contribution in [0.15, 0.2) is 6.07 Å². The summed E-state index contributed by atoms with van der Waals surface area (Å²) < 4.78 is 0. The van der Waals surface area contributed by atoms with Crippen LogP contribution in [-0.2, 0) is 6.42 Å². The number of nitrogen functional groups attached to an aromatic ring is 1. The lowest BCUT2D eigenvalue weighted by Crippen LogP contribution is -2.12. The summed E-state index contributed by atoms with van der Waals surface area (Å²) in [6, 6.07) is 1.83. The summed E-state index contributed by atoms with van der Waals surface area (Å²) in [4.78, 5) is 8.63. The number of hydrazine groups is 1. The third-order valence-corrected chi connectivity index (χ3v) is 3.01. The fraction of sp³-hybridized carbons (Fsp3) is 0.636. The molecule has 0 saturated carbocycles. The number of aromatic nitrogens is 2. The molecule has 0 aromatic carbocycles. The number of nitrogens with two attached hydrogens (primary N) is 1. The molecule has 0 amide bonds. The molecule has 1 rings (SSSR count). The van der Waals surface area contributed by atoms with Gasteiger partial charge in [-0.15, -0.1) is 0 Å². The predicted molar refractivity (Wildman–Crippen MR) is 75.3 cm³/mol. The van der Waals surface area contributed by atoms with Gasteiger partial charge >= 0.3 is 0 Å². The monoisotopic (exact) mass is 255 g/mol. The Morgan fingerprint density at radius 2 is 2.06 bits per heavy atom. The number of unbranched alkanes of at least 4 members (excludes halogenated alkanes) is 1. The minimum Gasteiger partial charge on any atom is -0.370 e. The van der Waals surface area contributed by atoms with Gasteiger partial charge in [-0.1, -0.05) is 6.92 Å². The molecule has 5 nitrogen and oxygen atoms in total. The number of rotatable bonds is 8. The van der Waals surface area contributed by atoms with Gasteiger partial charge in [-0.2, -0.15) is 11.8 Å². The van der Waals surface area contributed by atoms with Crippen LogP contribution in [0, 0.1) is 0 Å². The van der Waals surface area contributed by atoms with E-state index in [1.54, 1.807) is 0 Å². The molecule has 1 aromatic rings. The summed E-state index contributed by atoms with van der Waals surface area (Å²) >= 11 is 1.88. The summed E-state index contributed by atoms with van der Waals surface area (Å²) in [5.74, 6) is 8.87. The number of aryl methyl sites for hydroxylation is 1. The zero-order valence-corrected chi connectivity index (χ0v) is 11.3. The highest BCUT2D eigenvalue weighted by Crippen LogP contribution is 2.11. The van der Waals surface area contributed by atoms with E-state index in [2.05, 4.69) is 27.0 Å². The Kier molecular flexibility index (Phi) is 6.73. The van der Waals surface area contributed by atoms with Crippen molar-refractivity contribution in [3.63, 3.8) is 0 Å². The molecule has 4 N–H and O–H groups in total. The van der Waals surface area contributed by atoms with Crippen LogP contribution in [0.2, 0.25) is 0 Å². The number of thioether (sulfide) groups is 1. The fourth-order valence-corrected chi connectivity index (χ4v) is 1.90. The van der Waals surface area contributed by atoms with Crippen molar-refractivity contribution in [2.24, 2.45) is 5.84 Å². The molecule has 0 saturated heterocycles. The number of nitrogens with one attached hydrogen (secondary N) is 2. The van der Waals surface area contributed by atoms with Gasteiger partial charge in [0.15, 0.2) is 0 Å². The fourth-order valence-electron chi connectivity index (χ4n) is 1.41. The van der Waals surface area contributed by atoms with E-state index in [1.807, 2.05) is 24.8 Å². The second-order valence-corrected chi connectivity index (χ2v) is 4.66. The summed E-state index contributed by atoms with van der Waals surface area (Å²) in [6.07, 6.45) is 5.31. The maximum atomic E-state index is 5.37. The van der Waals surface area contributed by atoms with E-state index in [1.165, 1.54) is 12.2 Å². The van der Waals surface area contributed by atoms with Crippen molar-refractivity contribution in [2.45, 2.75) is 26.2 Å². The van der Waals surface area contributed by atoms with Crippen molar-refractivity contribution in [2.75, 3.05) is 29.3 Å². The van der Waals surface area contributed by atoms with Gasteiger partial charge in [-0.05, 0) is 24.9 Å². The first kappa shape index (κ1) is 14.1. The average molecular weight is 255 g/mol. The van der Waals surface area contributed by atoms with Crippen LogP contribution in [0.25, 0.3) is 0 Å². The molecule has 0 aliphatic rings. The van der Waals surface area contributed by atoms with Crippen molar-refractivity contribution in [3.05, 3.63) is 11.9 Å².